The Labute approximate surface area is 133 Å². The molecule has 21 heavy (non-hydrogen) atoms. The number of hydrogen-bond donors (Lipinski definition) is 0. The Hall–Kier alpha value is -0.720. The van der Waals surface area contributed by atoms with Crippen LogP contribution in [0.5, 0.6) is 0 Å². The second-order valence-corrected chi connectivity index (χ2v) is 6.18. The smallest absolute Gasteiger partial charge is 0.168 e. The minimum Gasteiger partial charge on any atom is -0.304 e. The third-order valence-corrected chi connectivity index (χ3v) is 4.85. The maximum Gasteiger partial charge on any atom is 0.168 e. The van der Waals surface area contributed by atoms with Gasteiger partial charge < -0.3 is 4.90 Å². The predicted molar refractivity (Wildman–Crippen MR) is 84.7 cm³/mol. The molecule has 2 fully saturated rings. The minimum absolute atomic E-state index is 0. The van der Waals surface area contributed by atoms with Crippen LogP contribution in [0.25, 0.3) is 0 Å². The lowest BCUT2D eigenvalue weighted by molar-refractivity contribution is 0.101. The summed E-state index contributed by atoms with van der Waals surface area (Å²) in [6, 6.07) is 0.904. The number of tetrazole rings is 1. The number of piperazine rings is 1. The van der Waals surface area contributed by atoms with Crippen LogP contribution in [0.3, 0.4) is 0 Å². The van der Waals surface area contributed by atoms with Gasteiger partial charge in [-0.15, -0.1) is 17.5 Å². The van der Waals surface area contributed by atoms with Crippen LogP contribution in [-0.2, 0) is 0 Å². The van der Waals surface area contributed by atoms with E-state index in [1.165, 1.54) is 25.7 Å². The second-order valence-electron chi connectivity index (χ2n) is 6.18. The molecule has 1 aliphatic carbocycles. The molecule has 0 N–H and O–H groups in total. The molecule has 0 aromatic carbocycles. The van der Waals surface area contributed by atoms with Crippen molar-refractivity contribution in [2.24, 2.45) is 0 Å². The van der Waals surface area contributed by atoms with Crippen LogP contribution in [-0.4, -0.2) is 63.2 Å². The fourth-order valence-electron chi connectivity index (χ4n) is 3.57. The van der Waals surface area contributed by atoms with Gasteiger partial charge in [0.05, 0.1) is 12.1 Å². The first-order valence-electron chi connectivity index (χ1n) is 8.00. The molecule has 2 aliphatic rings. The van der Waals surface area contributed by atoms with Crippen LogP contribution >= 0.6 is 12.4 Å². The summed E-state index contributed by atoms with van der Waals surface area (Å²) in [7, 11) is 2.20. The van der Waals surface area contributed by atoms with Gasteiger partial charge in [0.25, 0.3) is 0 Å². The molecule has 0 spiro atoms. The van der Waals surface area contributed by atoms with Gasteiger partial charge >= 0.3 is 0 Å². The van der Waals surface area contributed by atoms with Gasteiger partial charge in [0.2, 0.25) is 0 Å². The van der Waals surface area contributed by atoms with Crippen molar-refractivity contribution in [3.05, 3.63) is 5.82 Å². The predicted octanol–water partition coefficient (Wildman–Crippen LogP) is 1.91. The zero-order valence-corrected chi connectivity index (χ0v) is 13.9. The fraction of sp³-hybridized carbons (Fsp3) is 0.929. The van der Waals surface area contributed by atoms with E-state index >= 15 is 0 Å². The largest absolute Gasteiger partial charge is 0.304 e. The first-order chi connectivity index (χ1) is 9.79. The molecule has 0 bridgehead atoms. The lowest BCUT2D eigenvalue weighted by atomic mass is 10.1. The van der Waals surface area contributed by atoms with E-state index in [-0.39, 0.29) is 12.4 Å². The number of hydrogen-bond acceptors (Lipinski definition) is 5. The van der Waals surface area contributed by atoms with Crippen molar-refractivity contribution in [1.82, 2.24) is 30.0 Å². The zero-order chi connectivity index (χ0) is 13.9. The van der Waals surface area contributed by atoms with Crippen molar-refractivity contribution in [2.45, 2.75) is 51.1 Å². The van der Waals surface area contributed by atoms with E-state index in [9.17, 15) is 0 Å². The molecular weight excluding hydrogens is 288 g/mol. The van der Waals surface area contributed by atoms with Crippen LogP contribution in [0, 0.1) is 0 Å². The van der Waals surface area contributed by atoms with Crippen LogP contribution < -0.4 is 0 Å². The van der Waals surface area contributed by atoms with Gasteiger partial charge in [0.1, 0.15) is 0 Å². The van der Waals surface area contributed by atoms with E-state index in [1.54, 1.807) is 0 Å². The standard InChI is InChI=1S/C14H26N6.ClH/c1-3-13(19-10-8-18(2)9-11-19)14-15-16-17-20(14)12-6-4-5-7-12;/h12-13H,3-11H2,1-2H3;1H. The maximum atomic E-state index is 4.37. The van der Waals surface area contributed by atoms with E-state index in [0.29, 0.717) is 12.1 Å². The van der Waals surface area contributed by atoms with Crippen LogP contribution in [0.15, 0.2) is 0 Å². The topological polar surface area (TPSA) is 50.1 Å². The van der Waals surface area contributed by atoms with E-state index < -0.39 is 0 Å². The molecule has 3 rings (SSSR count). The summed E-state index contributed by atoms with van der Waals surface area (Å²) in [6.07, 6.45) is 6.18. The van der Waals surface area contributed by atoms with Gasteiger partial charge in [0.15, 0.2) is 5.82 Å². The number of likely N-dealkylation sites (N-methyl/N-ethyl adjacent to an activating group) is 1. The molecule has 1 saturated heterocycles. The first-order valence-corrected chi connectivity index (χ1v) is 8.00. The minimum atomic E-state index is 0. The summed E-state index contributed by atoms with van der Waals surface area (Å²) in [5, 5.41) is 12.6. The number of halogens is 1. The van der Waals surface area contributed by atoms with Crippen molar-refractivity contribution in [2.75, 3.05) is 33.2 Å². The molecule has 1 saturated carbocycles. The molecular formula is C14H27ClN6. The molecule has 2 heterocycles. The van der Waals surface area contributed by atoms with Crippen LogP contribution in [0.1, 0.15) is 56.9 Å². The van der Waals surface area contributed by atoms with Gasteiger partial charge in [-0.1, -0.05) is 19.8 Å². The zero-order valence-electron chi connectivity index (χ0n) is 13.1. The van der Waals surface area contributed by atoms with Crippen LogP contribution in [0.4, 0.5) is 0 Å². The van der Waals surface area contributed by atoms with Gasteiger partial charge in [-0.2, -0.15) is 0 Å². The average Bonchev–Trinajstić information content (AvgIpc) is 3.12. The molecule has 0 amide bonds. The Morgan fingerprint density at radius 1 is 1.14 bits per heavy atom. The highest BCUT2D eigenvalue weighted by molar-refractivity contribution is 5.85. The van der Waals surface area contributed by atoms with Gasteiger partial charge in [-0.05, 0) is 36.7 Å². The normalized spacial score (nSPS) is 23.1. The molecule has 1 aromatic rings. The van der Waals surface area contributed by atoms with Crippen LogP contribution in [0.2, 0.25) is 0 Å². The summed E-state index contributed by atoms with van der Waals surface area (Å²) in [6.45, 7) is 6.76. The lowest BCUT2D eigenvalue weighted by Crippen LogP contribution is -2.46. The molecule has 1 aromatic heterocycles. The maximum absolute atomic E-state index is 4.37. The quantitative estimate of drug-likeness (QED) is 0.849. The van der Waals surface area contributed by atoms with E-state index in [4.69, 9.17) is 0 Å². The van der Waals surface area contributed by atoms with Gasteiger partial charge in [0, 0.05) is 26.2 Å². The molecule has 1 aliphatic heterocycles. The Kier molecular flexibility index (Phi) is 5.96. The SMILES string of the molecule is CCC(c1nnnn1C1CCCC1)N1CCN(C)CC1.Cl. The summed E-state index contributed by atoms with van der Waals surface area (Å²) in [5.74, 6) is 1.09. The van der Waals surface area contributed by atoms with Crippen molar-refractivity contribution >= 4 is 12.4 Å². The highest BCUT2D eigenvalue weighted by Crippen LogP contribution is 2.32. The van der Waals surface area contributed by atoms with E-state index in [0.717, 1.165) is 38.4 Å². The molecule has 1 unspecified atom stereocenters. The molecule has 7 heteroatoms. The number of nitrogens with zero attached hydrogens (tertiary/aromatic N) is 6. The summed E-state index contributed by atoms with van der Waals surface area (Å²) in [4.78, 5) is 4.94. The van der Waals surface area contributed by atoms with E-state index in [2.05, 4.69) is 44.0 Å². The third-order valence-electron chi connectivity index (χ3n) is 4.85. The highest BCUT2D eigenvalue weighted by atomic mass is 35.5. The fourth-order valence-corrected chi connectivity index (χ4v) is 3.57. The summed E-state index contributed by atoms with van der Waals surface area (Å²) < 4.78 is 2.12. The lowest BCUT2D eigenvalue weighted by Gasteiger charge is -2.37. The number of rotatable bonds is 4. The van der Waals surface area contributed by atoms with Crippen molar-refractivity contribution in [3.8, 4) is 0 Å². The van der Waals surface area contributed by atoms with Crippen molar-refractivity contribution < 1.29 is 0 Å². The molecule has 6 nitrogen and oxygen atoms in total. The summed E-state index contributed by atoms with van der Waals surface area (Å²) >= 11 is 0. The Morgan fingerprint density at radius 3 is 2.43 bits per heavy atom. The third kappa shape index (κ3) is 3.55. The first kappa shape index (κ1) is 16.6. The second kappa shape index (κ2) is 7.51. The van der Waals surface area contributed by atoms with E-state index in [1.807, 2.05) is 0 Å². The Bertz CT molecular complexity index is 423. The van der Waals surface area contributed by atoms with Gasteiger partial charge in [-0.3, -0.25) is 4.90 Å². The molecule has 120 valence electrons. The molecule has 0 radical (unpaired) electrons. The number of aromatic nitrogens is 4. The Balaban J connectivity index is 0.00000161. The van der Waals surface area contributed by atoms with Crippen molar-refractivity contribution in [1.29, 1.82) is 0 Å². The molecule has 1 atom stereocenters. The Morgan fingerprint density at radius 2 is 1.81 bits per heavy atom. The average molecular weight is 315 g/mol. The highest BCUT2D eigenvalue weighted by Gasteiger charge is 2.30. The van der Waals surface area contributed by atoms with Gasteiger partial charge in [-0.25, -0.2) is 4.68 Å². The monoisotopic (exact) mass is 314 g/mol. The summed E-state index contributed by atoms with van der Waals surface area (Å²) in [5.41, 5.74) is 0. The van der Waals surface area contributed by atoms with Crippen molar-refractivity contribution in [3.63, 3.8) is 0 Å².